The first kappa shape index (κ1) is 16.2. The number of benzene rings is 1. The SMILES string of the molecule is Cc1ccc(N2CCCC(C(=O)NCCN)C2)c([N+](=O)[O-])c1. The molecule has 0 aromatic heterocycles. The van der Waals surface area contributed by atoms with E-state index < -0.39 is 0 Å². The first-order valence-corrected chi connectivity index (χ1v) is 7.50. The van der Waals surface area contributed by atoms with E-state index >= 15 is 0 Å². The first-order valence-electron chi connectivity index (χ1n) is 7.50. The van der Waals surface area contributed by atoms with Gasteiger partial charge >= 0.3 is 0 Å². The Balaban J connectivity index is 2.16. The van der Waals surface area contributed by atoms with Crippen molar-refractivity contribution < 1.29 is 9.72 Å². The molecule has 1 aromatic rings. The summed E-state index contributed by atoms with van der Waals surface area (Å²) in [6.07, 6.45) is 1.64. The number of rotatable bonds is 5. The van der Waals surface area contributed by atoms with Crippen molar-refractivity contribution in [3.05, 3.63) is 33.9 Å². The second kappa shape index (κ2) is 7.22. The Morgan fingerprint density at radius 1 is 1.55 bits per heavy atom. The predicted octanol–water partition coefficient (Wildman–Crippen LogP) is 1.19. The number of hydrogen-bond donors (Lipinski definition) is 2. The molecule has 1 fully saturated rings. The molecule has 0 radical (unpaired) electrons. The van der Waals surface area contributed by atoms with Gasteiger partial charge < -0.3 is 16.0 Å². The third kappa shape index (κ3) is 3.73. The summed E-state index contributed by atoms with van der Waals surface area (Å²) in [4.78, 5) is 24.9. The van der Waals surface area contributed by atoms with Crippen molar-refractivity contribution >= 4 is 17.3 Å². The van der Waals surface area contributed by atoms with Crippen LogP contribution < -0.4 is 16.0 Å². The van der Waals surface area contributed by atoms with E-state index in [1.54, 1.807) is 12.1 Å². The van der Waals surface area contributed by atoms with E-state index in [0.29, 0.717) is 25.3 Å². The monoisotopic (exact) mass is 306 g/mol. The number of nitro groups is 1. The normalized spacial score (nSPS) is 18.1. The molecule has 1 amide bonds. The van der Waals surface area contributed by atoms with E-state index in [1.165, 1.54) is 0 Å². The number of anilines is 1. The van der Waals surface area contributed by atoms with Crippen LogP contribution in [0.1, 0.15) is 18.4 Å². The zero-order chi connectivity index (χ0) is 16.1. The minimum Gasteiger partial charge on any atom is -0.365 e. The molecule has 0 spiro atoms. The molecule has 1 atom stereocenters. The van der Waals surface area contributed by atoms with Crippen molar-refractivity contribution in [1.29, 1.82) is 0 Å². The van der Waals surface area contributed by atoms with Crippen LogP contribution in [0.2, 0.25) is 0 Å². The maximum atomic E-state index is 12.1. The van der Waals surface area contributed by atoms with Crippen LogP contribution in [0.15, 0.2) is 18.2 Å². The first-order chi connectivity index (χ1) is 10.5. The van der Waals surface area contributed by atoms with Crippen LogP contribution >= 0.6 is 0 Å². The largest absolute Gasteiger partial charge is 0.365 e. The van der Waals surface area contributed by atoms with Crippen LogP contribution in [0.5, 0.6) is 0 Å². The lowest BCUT2D eigenvalue weighted by Gasteiger charge is -2.33. The number of nitrogens with two attached hydrogens (primary N) is 1. The number of piperidine rings is 1. The number of amides is 1. The van der Waals surface area contributed by atoms with Crippen LogP contribution in [-0.2, 0) is 4.79 Å². The topological polar surface area (TPSA) is 102 Å². The summed E-state index contributed by atoms with van der Waals surface area (Å²) in [5.74, 6) is -0.175. The molecule has 0 saturated carbocycles. The number of nitrogens with one attached hydrogen (secondary N) is 1. The Labute approximate surface area is 129 Å². The number of carbonyl (C=O) groups excluding carboxylic acids is 1. The fraction of sp³-hybridized carbons (Fsp3) is 0.533. The predicted molar refractivity (Wildman–Crippen MR) is 84.8 cm³/mol. The summed E-state index contributed by atoms with van der Waals surface area (Å²) in [7, 11) is 0. The number of nitro benzene ring substituents is 1. The van der Waals surface area contributed by atoms with Crippen molar-refractivity contribution in [3.63, 3.8) is 0 Å². The molecule has 1 heterocycles. The van der Waals surface area contributed by atoms with Crippen LogP contribution in [-0.4, -0.2) is 37.0 Å². The Morgan fingerprint density at radius 2 is 2.32 bits per heavy atom. The molecule has 1 aromatic carbocycles. The molecule has 120 valence electrons. The van der Waals surface area contributed by atoms with Crippen molar-refractivity contribution in [3.8, 4) is 0 Å². The van der Waals surface area contributed by atoms with E-state index in [2.05, 4.69) is 5.32 Å². The summed E-state index contributed by atoms with van der Waals surface area (Å²) < 4.78 is 0. The average Bonchev–Trinajstić information content (AvgIpc) is 2.52. The highest BCUT2D eigenvalue weighted by Gasteiger charge is 2.29. The van der Waals surface area contributed by atoms with E-state index in [4.69, 9.17) is 5.73 Å². The summed E-state index contributed by atoms with van der Waals surface area (Å²) in [5, 5.41) is 14.1. The van der Waals surface area contributed by atoms with Gasteiger partial charge in [-0.1, -0.05) is 6.07 Å². The zero-order valence-corrected chi connectivity index (χ0v) is 12.7. The molecule has 1 saturated heterocycles. The molecule has 1 unspecified atom stereocenters. The molecule has 3 N–H and O–H groups in total. The Bertz CT molecular complexity index is 562. The van der Waals surface area contributed by atoms with E-state index in [9.17, 15) is 14.9 Å². The van der Waals surface area contributed by atoms with E-state index in [-0.39, 0.29) is 22.4 Å². The van der Waals surface area contributed by atoms with Crippen molar-refractivity contribution in [1.82, 2.24) is 5.32 Å². The summed E-state index contributed by atoms with van der Waals surface area (Å²) >= 11 is 0. The highest BCUT2D eigenvalue weighted by Crippen LogP contribution is 2.32. The second-order valence-corrected chi connectivity index (χ2v) is 5.61. The summed E-state index contributed by atoms with van der Waals surface area (Å²) in [6.45, 7) is 3.92. The molecule has 7 nitrogen and oxygen atoms in total. The number of nitrogens with zero attached hydrogens (tertiary/aromatic N) is 2. The van der Waals surface area contributed by atoms with E-state index in [1.807, 2.05) is 17.9 Å². The molecule has 22 heavy (non-hydrogen) atoms. The van der Waals surface area contributed by atoms with Crippen molar-refractivity contribution in [2.24, 2.45) is 11.7 Å². The smallest absolute Gasteiger partial charge is 0.292 e. The molecule has 7 heteroatoms. The van der Waals surface area contributed by atoms with Crippen molar-refractivity contribution in [2.45, 2.75) is 19.8 Å². The highest BCUT2D eigenvalue weighted by atomic mass is 16.6. The van der Waals surface area contributed by atoms with E-state index in [0.717, 1.165) is 24.9 Å². The molecule has 2 rings (SSSR count). The highest BCUT2D eigenvalue weighted by molar-refractivity contribution is 5.80. The fourth-order valence-electron chi connectivity index (χ4n) is 2.80. The Hall–Kier alpha value is -2.15. The van der Waals surface area contributed by atoms with Crippen LogP contribution in [0, 0.1) is 23.0 Å². The maximum Gasteiger partial charge on any atom is 0.292 e. The molecule has 1 aliphatic rings. The fourth-order valence-corrected chi connectivity index (χ4v) is 2.80. The third-order valence-corrected chi connectivity index (χ3v) is 3.90. The van der Waals surface area contributed by atoms with Crippen LogP contribution in [0.3, 0.4) is 0 Å². The molecule has 1 aliphatic heterocycles. The summed E-state index contributed by atoms with van der Waals surface area (Å²) in [5.41, 5.74) is 6.93. The van der Waals surface area contributed by atoms with Gasteiger partial charge in [-0.25, -0.2) is 0 Å². The maximum absolute atomic E-state index is 12.1. The summed E-state index contributed by atoms with van der Waals surface area (Å²) in [6, 6.07) is 5.21. The Morgan fingerprint density at radius 3 is 3.00 bits per heavy atom. The Kier molecular flexibility index (Phi) is 5.32. The minimum absolute atomic E-state index is 0.0232. The molecule has 0 bridgehead atoms. The number of hydrogen-bond acceptors (Lipinski definition) is 5. The molecular formula is C15H22N4O3. The second-order valence-electron chi connectivity index (χ2n) is 5.61. The van der Waals surface area contributed by atoms with Crippen molar-refractivity contribution in [2.75, 3.05) is 31.1 Å². The van der Waals surface area contributed by atoms with Gasteiger partial charge in [0.05, 0.1) is 10.8 Å². The average molecular weight is 306 g/mol. The number of carbonyl (C=O) groups is 1. The molecular weight excluding hydrogens is 284 g/mol. The number of aryl methyl sites for hydroxylation is 1. The van der Waals surface area contributed by atoms with Gasteiger partial charge in [-0.3, -0.25) is 14.9 Å². The lowest BCUT2D eigenvalue weighted by atomic mass is 9.96. The minimum atomic E-state index is -0.361. The van der Waals surface area contributed by atoms with Gasteiger partial charge in [-0.15, -0.1) is 0 Å². The lowest BCUT2D eigenvalue weighted by Crippen LogP contribution is -2.44. The van der Waals surface area contributed by atoms with Crippen LogP contribution in [0.4, 0.5) is 11.4 Å². The molecule has 0 aliphatic carbocycles. The van der Waals surface area contributed by atoms with Crippen LogP contribution in [0.25, 0.3) is 0 Å². The van der Waals surface area contributed by atoms with Gasteiger partial charge in [-0.05, 0) is 31.4 Å². The van der Waals surface area contributed by atoms with Gasteiger partial charge in [0.1, 0.15) is 5.69 Å². The van der Waals surface area contributed by atoms with Gasteiger partial charge in [0.2, 0.25) is 5.91 Å². The van der Waals surface area contributed by atoms with Gasteiger partial charge in [0.25, 0.3) is 5.69 Å². The van der Waals surface area contributed by atoms with Gasteiger partial charge in [0, 0.05) is 32.2 Å². The third-order valence-electron chi connectivity index (χ3n) is 3.90. The van der Waals surface area contributed by atoms with Gasteiger partial charge in [0.15, 0.2) is 0 Å². The quantitative estimate of drug-likeness (QED) is 0.628. The van der Waals surface area contributed by atoms with Gasteiger partial charge in [-0.2, -0.15) is 0 Å². The zero-order valence-electron chi connectivity index (χ0n) is 12.7. The standard InChI is InChI=1S/C15H22N4O3/c1-11-4-5-13(14(9-11)19(21)22)18-8-2-3-12(10-18)15(20)17-7-6-16/h4-5,9,12H,2-3,6-8,10,16H2,1H3,(H,17,20). The lowest BCUT2D eigenvalue weighted by molar-refractivity contribution is -0.384.